The number of alkyl halides is 3. The summed E-state index contributed by atoms with van der Waals surface area (Å²) in [4.78, 5) is 16.4. The van der Waals surface area contributed by atoms with Gasteiger partial charge >= 0.3 is 6.36 Å². The minimum absolute atomic E-state index is 0.0386. The SMILES string of the molecule is CC1CCN(C2CCN(c3cccc(OC(F)(F)F)c3)C2=O)C1. The van der Waals surface area contributed by atoms with Crippen LogP contribution in [0.5, 0.6) is 5.75 Å². The second-order valence-electron chi connectivity index (χ2n) is 6.23. The molecule has 0 aliphatic carbocycles. The predicted octanol–water partition coefficient (Wildman–Crippen LogP) is 3.03. The van der Waals surface area contributed by atoms with Crippen LogP contribution in [-0.4, -0.2) is 42.8 Å². The molecule has 2 atom stereocenters. The maximum atomic E-state index is 12.6. The fourth-order valence-electron chi connectivity index (χ4n) is 3.36. The summed E-state index contributed by atoms with van der Waals surface area (Å²) in [5, 5.41) is 0. The smallest absolute Gasteiger partial charge is 0.406 e. The number of ether oxygens (including phenoxy) is 1. The normalized spacial score (nSPS) is 26.1. The molecule has 3 rings (SSSR count). The van der Waals surface area contributed by atoms with Crippen molar-refractivity contribution in [3.63, 3.8) is 0 Å². The van der Waals surface area contributed by atoms with Crippen molar-refractivity contribution in [3.05, 3.63) is 24.3 Å². The van der Waals surface area contributed by atoms with Crippen LogP contribution in [0, 0.1) is 5.92 Å². The molecule has 0 radical (unpaired) electrons. The Morgan fingerprint density at radius 2 is 2.00 bits per heavy atom. The van der Waals surface area contributed by atoms with Gasteiger partial charge in [0.05, 0.1) is 6.04 Å². The molecule has 0 N–H and O–H groups in total. The van der Waals surface area contributed by atoms with Crippen LogP contribution in [0.3, 0.4) is 0 Å². The van der Waals surface area contributed by atoms with Crippen molar-refractivity contribution in [2.24, 2.45) is 5.92 Å². The Balaban J connectivity index is 1.73. The maximum Gasteiger partial charge on any atom is 0.573 e. The van der Waals surface area contributed by atoms with Gasteiger partial charge in [-0.25, -0.2) is 0 Å². The van der Waals surface area contributed by atoms with Crippen molar-refractivity contribution in [2.75, 3.05) is 24.5 Å². The fourth-order valence-corrected chi connectivity index (χ4v) is 3.36. The van der Waals surface area contributed by atoms with E-state index in [2.05, 4.69) is 16.6 Å². The van der Waals surface area contributed by atoms with Gasteiger partial charge in [-0.2, -0.15) is 0 Å². The van der Waals surface area contributed by atoms with Crippen LogP contribution < -0.4 is 9.64 Å². The van der Waals surface area contributed by atoms with E-state index < -0.39 is 6.36 Å². The van der Waals surface area contributed by atoms with Crippen LogP contribution in [0.1, 0.15) is 19.8 Å². The maximum absolute atomic E-state index is 12.6. The summed E-state index contributed by atoms with van der Waals surface area (Å²) in [7, 11) is 0. The number of benzene rings is 1. The van der Waals surface area contributed by atoms with Gasteiger partial charge in [0.2, 0.25) is 5.91 Å². The summed E-state index contributed by atoms with van der Waals surface area (Å²) in [6.45, 7) is 4.49. The first-order chi connectivity index (χ1) is 10.8. The summed E-state index contributed by atoms with van der Waals surface area (Å²) in [5.41, 5.74) is 0.450. The monoisotopic (exact) mass is 328 g/mol. The Labute approximate surface area is 132 Å². The Bertz CT molecular complexity index is 591. The average Bonchev–Trinajstić information content (AvgIpc) is 3.03. The van der Waals surface area contributed by atoms with E-state index in [1.807, 2.05) is 0 Å². The zero-order valence-corrected chi connectivity index (χ0v) is 12.8. The van der Waals surface area contributed by atoms with E-state index in [-0.39, 0.29) is 17.7 Å². The van der Waals surface area contributed by atoms with Crippen molar-refractivity contribution >= 4 is 11.6 Å². The van der Waals surface area contributed by atoms with Gasteiger partial charge in [-0.05, 0) is 37.4 Å². The molecule has 4 nitrogen and oxygen atoms in total. The molecule has 2 unspecified atom stereocenters. The number of carbonyl (C=O) groups excluding carboxylic acids is 1. The standard InChI is InChI=1S/C16H19F3N2O2/c1-11-5-7-20(10-11)14-6-8-21(15(14)22)12-3-2-4-13(9-12)23-16(17,18)19/h2-4,9,11,14H,5-8,10H2,1H3. The highest BCUT2D eigenvalue weighted by Crippen LogP contribution is 2.31. The van der Waals surface area contributed by atoms with Crippen molar-refractivity contribution < 1.29 is 22.7 Å². The van der Waals surface area contributed by atoms with Gasteiger partial charge in [0, 0.05) is 24.8 Å². The first kappa shape index (κ1) is 16.1. The Hall–Kier alpha value is -1.76. The molecule has 0 spiro atoms. The molecule has 0 saturated carbocycles. The zero-order valence-electron chi connectivity index (χ0n) is 12.8. The van der Waals surface area contributed by atoms with Crippen LogP contribution >= 0.6 is 0 Å². The van der Waals surface area contributed by atoms with Gasteiger partial charge < -0.3 is 9.64 Å². The number of hydrogen-bond acceptors (Lipinski definition) is 3. The van der Waals surface area contributed by atoms with E-state index >= 15 is 0 Å². The first-order valence-corrected chi connectivity index (χ1v) is 7.75. The van der Waals surface area contributed by atoms with Gasteiger partial charge in [0.15, 0.2) is 0 Å². The molecule has 1 aromatic carbocycles. The average molecular weight is 328 g/mol. The molecule has 2 saturated heterocycles. The summed E-state index contributed by atoms with van der Waals surface area (Å²) in [6.07, 6.45) is -2.95. The molecule has 0 aromatic heterocycles. The fraction of sp³-hybridized carbons (Fsp3) is 0.562. The van der Waals surface area contributed by atoms with Gasteiger partial charge in [0.1, 0.15) is 5.75 Å². The van der Waals surface area contributed by atoms with Crippen LogP contribution in [0.4, 0.5) is 18.9 Å². The van der Waals surface area contributed by atoms with Crippen LogP contribution in [0.15, 0.2) is 24.3 Å². The molecule has 1 amide bonds. The van der Waals surface area contributed by atoms with Gasteiger partial charge in [-0.3, -0.25) is 9.69 Å². The predicted molar refractivity (Wildman–Crippen MR) is 79.2 cm³/mol. The minimum Gasteiger partial charge on any atom is -0.406 e. The van der Waals surface area contributed by atoms with E-state index in [4.69, 9.17) is 0 Å². The number of rotatable bonds is 3. The number of hydrogen-bond donors (Lipinski definition) is 0. The number of likely N-dealkylation sites (tertiary alicyclic amines) is 1. The lowest BCUT2D eigenvalue weighted by Crippen LogP contribution is -2.40. The molecular formula is C16H19F3N2O2. The quantitative estimate of drug-likeness (QED) is 0.855. The molecule has 1 aromatic rings. The largest absolute Gasteiger partial charge is 0.573 e. The highest BCUT2D eigenvalue weighted by molar-refractivity contribution is 5.99. The van der Waals surface area contributed by atoms with E-state index in [9.17, 15) is 18.0 Å². The molecule has 0 bridgehead atoms. The second kappa shape index (κ2) is 6.03. The summed E-state index contributed by atoms with van der Waals surface area (Å²) >= 11 is 0. The summed E-state index contributed by atoms with van der Waals surface area (Å²) < 4.78 is 40.9. The van der Waals surface area contributed by atoms with E-state index in [1.54, 1.807) is 11.0 Å². The van der Waals surface area contributed by atoms with Gasteiger partial charge in [0.25, 0.3) is 0 Å². The van der Waals surface area contributed by atoms with Crippen molar-refractivity contribution in [3.8, 4) is 5.75 Å². The van der Waals surface area contributed by atoms with Gasteiger partial charge in [-0.1, -0.05) is 13.0 Å². The third kappa shape index (κ3) is 3.60. The molecule has 23 heavy (non-hydrogen) atoms. The van der Waals surface area contributed by atoms with Gasteiger partial charge in [-0.15, -0.1) is 13.2 Å². The van der Waals surface area contributed by atoms with Crippen molar-refractivity contribution in [2.45, 2.75) is 32.2 Å². The Morgan fingerprint density at radius 3 is 2.65 bits per heavy atom. The van der Waals surface area contributed by atoms with Crippen molar-refractivity contribution in [1.29, 1.82) is 0 Å². The number of carbonyl (C=O) groups is 1. The number of anilines is 1. The molecule has 2 aliphatic rings. The summed E-state index contributed by atoms with van der Waals surface area (Å²) in [6, 6.07) is 5.44. The lowest BCUT2D eigenvalue weighted by Gasteiger charge is -2.23. The third-order valence-corrected chi connectivity index (χ3v) is 4.44. The number of halogens is 3. The van der Waals surface area contributed by atoms with Crippen LogP contribution in [0.2, 0.25) is 0 Å². The molecule has 7 heteroatoms. The highest BCUT2D eigenvalue weighted by atomic mass is 19.4. The Morgan fingerprint density at radius 1 is 1.22 bits per heavy atom. The van der Waals surface area contributed by atoms with E-state index in [0.29, 0.717) is 24.6 Å². The molecule has 2 aliphatic heterocycles. The Kier molecular flexibility index (Phi) is 4.23. The molecule has 126 valence electrons. The second-order valence-corrected chi connectivity index (χ2v) is 6.23. The molecular weight excluding hydrogens is 309 g/mol. The lowest BCUT2D eigenvalue weighted by molar-refractivity contribution is -0.274. The van der Waals surface area contributed by atoms with Crippen LogP contribution in [-0.2, 0) is 4.79 Å². The lowest BCUT2D eigenvalue weighted by atomic mass is 10.2. The first-order valence-electron chi connectivity index (χ1n) is 7.75. The number of nitrogens with zero attached hydrogens (tertiary/aromatic N) is 2. The van der Waals surface area contributed by atoms with E-state index in [1.165, 1.54) is 18.2 Å². The number of amides is 1. The topological polar surface area (TPSA) is 32.8 Å². The highest BCUT2D eigenvalue weighted by Gasteiger charge is 2.39. The minimum atomic E-state index is -4.73. The third-order valence-electron chi connectivity index (χ3n) is 4.44. The zero-order chi connectivity index (χ0) is 16.6. The molecule has 2 fully saturated rings. The molecule has 2 heterocycles. The van der Waals surface area contributed by atoms with Crippen molar-refractivity contribution in [1.82, 2.24) is 4.90 Å². The summed E-state index contributed by atoms with van der Waals surface area (Å²) in [5.74, 6) is 0.240. The van der Waals surface area contributed by atoms with E-state index in [0.717, 1.165) is 19.5 Å². The van der Waals surface area contributed by atoms with Crippen LogP contribution in [0.25, 0.3) is 0 Å².